The van der Waals surface area contributed by atoms with E-state index in [1.165, 1.54) is 0 Å². The van der Waals surface area contributed by atoms with Gasteiger partial charge in [0.05, 0.1) is 5.92 Å². The summed E-state index contributed by atoms with van der Waals surface area (Å²) in [5.41, 5.74) is 0. The maximum Gasteiger partial charge on any atom is 0.307 e. The second-order valence-electron chi connectivity index (χ2n) is 2.86. The summed E-state index contributed by atoms with van der Waals surface area (Å²) in [7, 11) is 0. The lowest BCUT2D eigenvalue weighted by atomic mass is 9.85. The van der Waals surface area contributed by atoms with Crippen LogP contribution in [0.4, 0.5) is 0 Å². The normalized spacial score (nSPS) is 27.1. The molecule has 2 atom stereocenters. The fourth-order valence-electron chi connectivity index (χ4n) is 1.29. The van der Waals surface area contributed by atoms with Crippen LogP contribution in [-0.2, 0) is 9.59 Å². The van der Waals surface area contributed by atoms with E-state index in [4.69, 9.17) is 9.90 Å². The number of carbonyl (C=O) groups excluding carboxylic acids is 1. The van der Waals surface area contributed by atoms with Crippen molar-refractivity contribution in [2.24, 2.45) is 11.8 Å². The third kappa shape index (κ3) is 2.86. The molecule has 0 aliphatic heterocycles. The molecule has 3 nitrogen and oxygen atoms in total. The smallest absolute Gasteiger partial charge is 0.307 e. The van der Waals surface area contributed by atoms with E-state index in [9.17, 15) is 4.79 Å². The van der Waals surface area contributed by atoms with E-state index >= 15 is 0 Å². The summed E-state index contributed by atoms with van der Waals surface area (Å²) in [6, 6.07) is 0. The minimum Gasteiger partial charge on any atom is -0.481 e. The van der Waals surface area contributed by atoms with Gasteiger partial charge in [-0.2, -0.15) is 0 Å². The standard InChI is InChI=1S/C8H12O2.CH2O/c1-6-4-2-3-5-7(6)8(9)10;1-2/h2-3,6-7H,4-5H2,1H3,(H,9,10);1H2. The Kier molecular flexibility index (Phi) is 5.00. The van der Waals surface area contributed by atoms with Crippen LogP contribution in [0.25, 0.3) is 0 Å². The highest BCUT2D eigenvalue weighted by atomic mass is 16.4. The number of rotatable bonds is 1. The first kappa shape index (κ1) is 10.9. The number of hydrogen-bond donors (Lipinski definition) is 1. The molecule has 0 aromatic heterocycles. The fraction of sp³-hybridized carbons (Fsp3) is 0.556. The van der Waals surface area contributed by atoms with Gasteiger partial charge in [0.25, 0.3) is 0 Å². The summed E-state index contributed by atoms with van der Waals surface area (Å²) in [5, 5.41) is 8.67. The largest absolute Gasteiger partial charge is 0.481 e. The minimum absolute atomic E-state index is 0.148. The highest BCUT2D eigenvalue weighted by molar-refractivity contribution is 5.70. The summed E-state index contributed by atoms with van der Waals surface area (Å²) in [6.07, 6.45) is 5.64. The lowest BCUT2D eigenvalue weighted by Gasteiger charge is -2.20. The molecule has 0 aromatic rings. The Morgan fingerprint density at radius 3 is 2.25 bits per heavy atom. The highest BCUT2D eigenvalue weighted by Gasteiger charge is 2.24. The first-order chi connectivity index (χ1) is 5.72. The third-order valence-corrected chi connectivity index (χ3v) is 2.07. The predicted octanol–water partition coefficient (Wildman–Crippen LogP) is 1.49. The lowest BCUT2D eigenvalue weighted by Crippen LogP contribution is -2.22. The van der Waals surface area contributed by atoms with Gasteiger partial charge in [-0.15, -0.1) is 0 Å². The summed E-state index contributed by atoms with van der Waals surface area (Å²) in [5.74, 6) is -0.496. The molecule has 12 heavy (non-hydrogen) atoms. The van der Waals surface area contributed by atoms with Crippen LogP contribution in [0.15, 0.2) is 12.2 Å². The van der Waals surface area contributed by atoms with Crippen LogP contribution in [0.3, 0.4) is 0 Å². The lowest BCUT2D eigenvalue weighted by molar-refractivity contribution is -0.143. The van der Waals surface area contributed by atoms with Crippen molar-refractivity contribution in [2.75, 3.05) is 0 Å². The molecule has 0 aromatic carbocycles. The van der Waals surface area contributed by atoms with E-state index in [0.29, 0.717) is 12.3 Å². The highest BCUT2D eigenvalue weighted by Crippen LogP contribution is 2.24. The van der Waals surface area contributed by atoms with Crippen molar-refractivity contribution in [3.8, 4) is 0 Å². The number of carbonyl (C=O) groups is 2. The Labute approximate surface area is 72.1 Å². The maximum atomic E-state index is 10.5. The van der Waals surface area contributed by atoms with Gasteiger partial charge in [-0.05, 0) is 18.8 Å². The van der Waals surface area contributed by atoms with E-state index in [2.05, 4.69) is 6.08 Å². The number of carboxylic acid groups (broad SMARTS) is 1. The van der Waals surface area contributed by atoms with Gasteiger partial charge in [-0.3, -0.25) is 4.79 Å². The quantitative estimate of drug-likeness (QED) is 0.606. The monoisotopic (exact) mass is 170 g/mol. The van der Waals surface area contributed by atoms with Gasteiger partial charge >= 0.3 is 5.97 Å². The van der Waals surface area contributed by atoms with Crippen molar-refractivity contribution in [3.05, 3.63) is 12.2 Å². The molecule has 0 radical (unpaired) electrons. The molecule has 1 N–H and O–H groups in total. The first-order valence-electron chi connectivity index (χ1n) is 3.88. The van der Waals surface area contributed by atoms with Crippen LogP contribution in [0.5, 0.6) is 0 Å². The number of aliphatic carboxylic acids is 1. The zero-order valence-corrected chi connectivity index (χ0v) is 7.19. The summed E-state index contributed by atoms with van der Waals surface area (Å²) in [6.45, 7) is 3.99. The summed E-state index contributed by atoms with van der Waals surface area (Å²) >= 11 is 0. The van der Waals surface area contributed by atoms with Crippen LogP contribution < -0.4 is 0 Å². The summed E-state index contributed by atoms with van der Waals surface area (Å²) < 4.78 is 0. The molecule has 0 spiro atoms. The third-order valence-electron chi connectivity index (χ3n) is 2.07. The zero-order chi connectivity index (χ0) is 9.56. The zero-order valence-electron chi connectivity index (χ0n) is 7.19. The van der Waals surface area contributed by atoms with Crippen molar-refractivity contribution < 1.29 is 14.7 Å². The van der Waals surface area contributed by atoms with Crippen LogP contribution >= 0.6 is 0 Å². The van der Waals surface area contributed by atoms with Gasteiger partial charge in [0.2, 0.25) is 0 Å². The van der Waals surface area contributed by atoms with Gasteiger partial charge in [-0.25, -0.2) is 0 Å². The van der Waals surface area contributed by atoms with Gasteiger partial charge in [0.1, 0.15) is 6.79 Å². The van der Waals surface area contributed by atoms with E-state index in [-0.39, 0.29) is 5.92 Å². The molecule has 0 bridgehead atoms. The van der Waals surface area contributed by atoms with Crippen molar-refractivity contribution in [1.29, 1.82) is 0 Å². The minimum atomic E-state index is -0.656. The van der Waals surface area contributed by atoms with E-state index in [1.54, 1.807) is 0 Å². The summed E-state index contributed by atoms with van der Waals surface area (Å²) in [4.78, 5) is 18.5. The number of carboxylic acids is 1. The second kappa shape index (κ2) is 5.52. The Morgan fingerprint density at radius 2 is 1.92 bits per heavy atom. The van der Waals surface area contributed by atoms with Crippen LogP contribution in [0, 0.1) is 11.8 Å². The van der Waals surface area contributed by atoms with E-state index in [0.717, 1.165) is 6.42 Å². The van der Waals surface area contributed by atoms with Gasteiger partial charge in [0, 0.05) is 0 Å². The molecular formula is C9H14O3. The Balaban J connectivity index is 0.000000561. The SMILES string of the molecule is C=O.CC1CC=CCC1C(=O)O. The van der Waals surface area contributed by atoms with E-state index in [1.807, 2.05) is 19.8 Å². The first-order valence-corrected chi connectivity index (χ1v) is 3.88. The Bertz CT molecular complexity index is 175. The van der Waals surface area contributed by atoms with Crippen molar-refractivity contribution in [3.63, 3.8) is 0 Å². The fourth-order valence-corrected chi connectivity index (χ4v) is 1.29. The van der Waals surface area contributed by atoms with Crippen molar-refractivity contribution >= 4 is 12.8 Å². The second-order valence-corrected chi connectivity index (χ2v) is 2.86. The van der Waals surface area contributed by atoms with Crippen LogP contribution in [-0.4, -0.2) is 17.9 Å². The van der Waals surface area contributed by atoms with Gasteiger partial charge in [-0.1, -0.05) is 19.1 Å². The molecule has 1 aliphatic rings. The molecule has 0 amide bonds. The van der Waals surface area contributed by atoms with E-state index < -0.39 is 5.97 Å². The molecule has 0 heterocycles. The molecule has 1 aliphatic carbocycles. The average Bonchev–Trinajstić information content (AvgIpc) is 2.08. The Morgan fingerprint density at radius 1 is 1.42 bits per heavy atom. The average molecular weight is 170 g/mol. The van der Waals surface area contributed by atoms with Crippen LogP contribution in [0.1, 0.15) is 19.8 Å². The van der Waals surface area contributed by atoms with Gasteiger partial charge in [0.15, 0.2) is 0 Å². The molecule has 0 saturated heterocycles. The van der Waals surface area contributed by atoms with Crippen molar-refractivity contribution in [2.45, 2.75) is 19.8 Å². The molecule has 0 fully saturated rings. The molecule has 68 valence electrons. The van der Waals surface area contributed by atoms with Gasteiger partial charge < -0.3 is 9.90 Å². The predicted molar refractivity (Wildman–Crippen MR) is 45.8 cm³/mol. The molecule has 3 heteroatoms. The molecule has 1 rings (SSSR count). The van der Waals surface area contributed by atoms with Crippen LogP contribution in [0.2, 0.25) is 0 Å². The molecule has 2 unspecified atom stereocenters. The molecule has 0 saturated carbocycles. The Hall–Kier alpha value is -1.12. The molecular weight excluding hydrogens is 156 g/mol. The maximum absolute atomic E-state index is 10.5. The number of allylic oxidation sites excluding steroid dienone is 2. The number of hydrogen-bond acceptors (Lipinski definition) is 2. The topological polar surface area (TPSA) is 54.4 Å². The van der Waals surface area contributed by atoms with Crippen molar-refractivity contribution in [1.82, 2.24) is 0 Å².